The van der Waals surface area contributed by atoms with Crippen LogP contribution in [-0.2, 0) is 4.79 Å². The van der Waals surface area contributed by atoms with E-state index >= 15 is 0 Å². The number of nitrogen functional groups attached to an aromatic ring is 1. The highest BCUT2D eigenvalue weighted by atomic mass is 16.2. The molecule has 1 unspecified atom stereocenters. The zero-order chi connectivity index (χ0) is 14.5. The Hall–Kier alpha value is -2.09. The highest BCUT2D eigenvalue weighted by Crippen LogP contribution is 2.23. The Labute approximate surface area is 116 Å². The van der Waals surface area contributed by atoms with E-state index in [1.807, 2.05) is 4.90 Å². The third-order valence-corrected chi connectivity index (χ3v) is 3.40. The van der Waals surface area contributed by atoms with Crippen molar-refractivity contribution in [1.82, 2.24) is 15.3 Å². The lowest BCUT2D eigenvalue weighted by Gasteiger charge is -2.33. The van der Waals surface area contributed by atoms with Gasteiger partial charge in [0.15, 0.2) is 5.82 Å². The van der Waals surface area contributed by atoms with E-state index in [0.29, 0.717) is 25.5 Å². The van der Waals surface area contributed by atoms with Crippen LogP contribution in [0, 0.1) is 5.92 Å². The highest BCUT2D eigenvalue weighted by Gasteiger charge is 2.27. The van der Waals surface area contributed by atoms with Crippen molar-refractivity contribution < 1.29 is 4.79 Å². The summed E-state index contributed by atoms with van der Waals surface area (Å²) in [6, 6.07) is 0. The van der Waals surface area contributed by atoms with E-state index in [0.717, 1.165) is 19.4 Å². The summed E-state index contributed by atoms with van der Waals surface area (Å²) in [6.45, 7) is 2.14. The number of nitrogens with two attached hydrogens (primary N) is 2. The van der Waals surface area contributed by atoms with E-state index in [4.69, 9.17) is 11.5 Å². The topological polar surface area (TPSA) is 130 Å². The second-order valence-electron chi connectivity index (χ2n) is 4.83. The molecule has 8 nitrogen and oxygen atoms in total. The van der Waals surface area contributed by atoms with Crippen LogP contribution in [0.5, 0.6) is 0 Å². The Kier molecular flexibility index (Phi) is 4.57. The fourth-order valence-electron chi connectivity index (χ4n) is 2.38. The number of hydrogen-bond donors (Lipinski definition) is 4. The first-order valence-electron chi connectivity index (χ1n) is 6.69. The molecular formula is C12H20N6O2. The quantitative estimate of drug-likeness (QED) is 0.539. The molecule has 6 N–H and O–H groups in total. The molecule has 0 bridgehead atoms. The van der Waals surface area contributed by atoms with Gasteiger partial charge in [-0.1, -0.05) is 0 Å². The van der Waals surface area contributed by atoms with E-state index in [2.05, 4.69) is 15.3 Å². The summed E-state index contributed by atoms with van der Waals surface area (Å²) in [7, 11) is 0. The predicted molar refractivity (Wildman–Crippen MR) is 76.3 cm³/mol. The van der Waals surface area contributed by atoms with Crippen LogP contribution < -0.4 is 27.2 Å². The van der Waals surface area contributed by atoms with Gasteiger partial charge >= 0.3 is 0 Å². The molecule has 2 rings (SSSR count). The molecular weight excluding hydrogens is 260 g/mol. The van der Waals surface area contributed by atoms with Crippen LogP contribution in [0.2, 0.25) is 0 Å². The standard InChI is InChI=1S/C12H20N6O2/c13-3-4-15-11(19)8-2-1-5-18(6-8)10-9(14)12(20)17-7-16-10/h7-8H,1-6,13-14H2,(H,15,19)(H,16,17,20). The van der Waals surface area contributed by atoms with Crippen molar-refractivity contribution in [2.24, 2.45) is 11.7 Å². The van der Waals surface area contributed by atoms with Crippen molar-refractivity contribution in [3.05, 3.63) is 16.7 Å². The molecule has 0 aliphatic carbocycles. The minimum Gasteiger partial charge on any atom is -0.391 e. The van der Waals surface area contributed by atoms with Gasteiger partial charge in [-0.25, -0.2) is 4.98 Å². The fraction of sp³-hybridized carbons (Fsp3) is 0.583. The Morgan fingerprint density at radius 3 is 3.15 bits per heavy atom. The number of rotatable bonds is 4. The number of piperidine rings is 1. The summed E-state index contributed by atoms with van der Waals surface area (Å²) >= 11 is 0. The third-order valence-electron chi connectivity index (χ3n) is 3.40. The maximum Gasteiger partial charge on any atom is 0.276 e. The first-order valence-corrected chi connectivity index (χ1v) is 6.69. The second kappa shape index (κ2) is 6.38. The normalized spacial score (nSPS) is 18.9. The Morgan fingerprint density at radius 1 is 1.60 bits per heavy atom. The lowest BCUT2D eigenvalue weighted by Crippen LogP contribution is -2.44. The van der Waals surface area contributed by atoms with Gasteiger partial charge in [-0.05, 0) is 12.8 Å². The van der Waals surface area contributed by atoms with Crippen LogP contribution in [0.25, 0.3) is 0 Å². The number of nitrogens with one attached hydrogen (secondary N) is 2. The molecule has 1 aromatic heterocycles. The number of amides is 1. The van der Waals surface area contributed by atoms with Crippen LogP contribution >= 0.6 is 0 Å². The molecule has 1 aliphatic rings. The van der Waals surface area contributed by atoms with Gasteiger partial charge in [-0.2, -0.15) is 0 Å². The summed E-state index contributed by atoms with van der Waals surface area (Å²) < 4.78 is 0. The van der Waals surface area contributed by atoms with Crippen molar-refractivity contribution in [2.75, 3.05) is 36.8 Å². The Balaban J connectivity index is 2.08. The molecule has 1 saturated heterocycles. The number of carbonyl (C=O) groups is 1. The molecule has 20 heavy (non-hydrogen) atoms. The number of H-pyrrole nitrogens is 1. The zero-order valence-corrected chi connectivity index (χ0v) is 11.3. The molecule has 1 fully saturated rings. The van der Waals surface area contributed by atoms with Gasteiger partial charge in [0.05, 0.1) is 12.2 Å². The van der Waals surface area contributed by atoms with Crippen molar-refractivity contribution >= 4 is 17.4 Å². The third kappa shape index (κ3) is 3.08. The van der Waals surface area contributed by atoms with Crippen LogP contribution in [0.3, 0.4) is 0 Å². The molecule has 0 spiro atoms. The molecule has 1 amide bonds. The van der Waals surface area contributed by atoms with Gasteiger partial charge in [0.1, 0.15) is 5.69 Å². The minimum absolute atomic E-state index is 0.0106. The summed E-state index contributed by atoms with van der Waals surface area (Å²) in [5, 5.41) is 2.79. The van der Waals surface area contributed by atoms with Gasteiger partial charge in [0, 0.05) is 26.2 Å². The van der Waals surface area contributed by atoms with Gasteiger partial charge in [-0.3, -0.25) is 9.59 Å². The predicted octanol–water partition coefficient (Wildman–Crippen LogP) is -1.36. The molecule has 110 valence electrons. The van der Waals surface area contributed by atoms with Crippen LogP contribution in [0.15, 0.2) is 11.1 Å². The average molecular weight is 280 g/mol. The SMILES string of the molecule is NCCNC(=O)C1CCCN(c2nc[nH]c(=O)c2N)C1. The maximum absolute atomic E-state index is 12.0. The molecule has 0 saturated carbocycles. The monoisotopic (exact) mass is 280 g/mol. The number of hydrogen-bond acceptors (Lipinski definition) is 6. The van der Waals surface area contributed by atoms with Gasteiger partial charge < -0.3 is 26.7 Å². The summed E-state index contributed by atoms with van der Waals surface area (Å²) in [6.07, 6.45) is 3.00. The number of aromatic nitrogens is 2. The van der Waals surface area contributed by atoms with Crippen molar-refractivity contribution in [2.45, 2.75) is 12.8 Å². The van der Waals surface area contributed by atoms with Crippen LogP contribution in [0.4, 0.5) is 11.5 Å². The first kappa shape index (κ1) is 14.3. The van der Waals surface area contributed by atoms with E-state index in [-0.39, 0.29) is 23.1 Å². The van der Waals surface area contributed by atoms with E-state index in [1.54, 1.807) is 0 Å². The van der Waals surface area contributed by atoms with E-state index < -0.39 is 0 Å². The van der Waals surface area contributed by atoms with Crippen molar-refractivity contribution in [1.29, 1.82) is 0 Å². The molecule has 1 aliphatic heterocycles. The van der Waals surface area contributed by atoms with Crippen LogP contribution in [-0.4, -0.2) is 42.1 Å². The lowest BCUT2D eigenvalue weighted by molar-refractivity contribution is -0.125. The number of carbonyl (C=O) groups excluding carboxylic acids is 1. The number of anilines is 2. The molecule has 1 atom stereocenters. The van der Waals surface area contributed by atoms with Crippen molar-refractivity contribution in [3.63, 3.8) is 0 Å². The number of nitrogens with zero attached hydrogens (tertiary/aromatic N) is 2. The van der Waals surface area contributed by atoms with Crippen molar-refractivity contribution in [3.8, 4) is 0 Å². The molecule has 2 heterocycles. The molecule has 8 heteroatoms. The summed E-state index contributed by atoms with van der Waals surface area (Å²) in [5.74, 6) is 0.310. The Morgan fingerprint density at radius 2 is 2.40 bits per heavy atom. The minimum atomic E-state index is -0.357. The summed E-state index contributed by atoms with van der Waals surface area (Å²) in [5.41, 5.74) is 10.9. The average Bonchev–Trinajstić information content (AvgIpc) is 2.47. The maximum atomic E-state index is 12.0. The Bertz CT molecular complexity index is 529. The van der Waals surface area contributed by atoms with Gasteiger partial charge in [0.25, 0.3) is 5.56 Å². The fourth-order valence-corrected chi connectivity index (χ4v) is 2.38. The number of aromatic amines is 1. The molecule has 0 radical (unpaired) electrons. The van der Waals surface area contributed by atoms with E-state index in [1.165, 1.54) is 6.33 Å². The lowest BCUT2D eigenvalue weighted by atomic mass is 9.97. The first-order chi connectivity index (χ1) is 9.63. The smallest absolute Gasteiger partial charge is 0.276 e. The zero-order valence-electron chi connectivity index (χ0n) is 11.3. The van der Waals surface area contributed by atoms with Gasteiger partial charge in [0.2, 0.25) is 5.91 Å². The molecule has 0 aromatic carbocycles. The van der Waals surface area contributed by atoms with E-state index in [9.17, 15) is 9.59 Å². The second-order valence-corrected chi connectivity index (χ2v) is 4.83. The largest absolute Gasteiger partial charge is 0.391 e. The summed E-state index contributed by atoms with van der Waals surface area (Å²) in [4.78, 5) is 31.9. The molecule has 1 aromatic rings. The van der Waals surface area contributed by atoms with Crippen LogP contribution in [0.1, 0.15) is 12.8 Å². The van der Waals surface area contributed by atoms with Gasteiger partial charge in [-0.15, -0.1) is 0 Å². The highest BCUT2D eigenvalue weighted by molar-refractivity contribution is 5.79.